The van der Waals surface area contributed by atoms with Crippen LogP contribution in [0.25, 0.3) is 0 Å². The average Bonchev–Trinajstić information content (AvgIpc) is 1.87. The van der Waals surface area contributed by atoms with Crippen molar-refractivity contribution in [1.29, 1.82) is 0 Å². The minimum absolute atomic E-state index is 0.104. The number of esters is 4. The second-order valence-corrected chi connectivity index (χ2v) is 31.4. The van der Waals surface area contributed by atoms with Crippen LogP contribution < -0.4 is 0 Å². The number of rotatable bonds is 72. The first kappa shape index (κ1) is 92.1. The highest BCUT2D eigenvalue weighted by atomic mass is 31.2. The van der Waals surface area contributed by atoms with Crippen molar-refractivity contribution in [3.63, 3.8) is 0 Å². The summed E-state index contributed by atoms with van der Waals surface area (Å²) in [5.41, 5.74) is 0. The number of phosphoric ester groups is 2. The molecule has 0 fully saturated rings. The van der Waals surface area contributed by atoms with Crippen molar-refractivity contribution in [2.45, 2.75) is 395 Å². The number of carbonyl (C=O) groups is 4. The van der Waals surface area contributed by atoms with E-state index in [2.05, 4.69) is 55.4 Å². The fourth-order valence-corrected chi connectivity index (χ4v) is 12.9. The van der Waals surface area contributed by atoms with Crippen LogP contribution in [0.5, 0.6) is 0 Å². The quantitative estimate of drug-likeness (QED) is 0.0222. The van der Waals surface area contributed by atoms with Gasteiger partial charge in [0.2, 0.25) is 0 Å². The molecule has 0 aliphatic carbocycles. The van der Waals surface area contributed by atoms with Gasteiger partial charge in [0.25, 0.3) is 0 Å². The SMILES string of the molecule is CCC(C)CCCCCCCCCCC(=O)OC[C@H](COP(=O)(O)OCC(O)COP(=O)(O)OC[C@@H](COC(=O)CCCCCCCCCCC(C)C)OC(=O)CCCCCCCCCCC(C)CC)OC(=O)CCCCCCCCCCCCCCCCCCC(C)C. The van der Waals surface area contributed by atoms with Crippen LogP contribution in [0.4, 0.5) is 0 Å². The van der Waals surface area contributed by atoms with Gasteiger partial charge in [0.15, 0.2) is 12.2 Å². The van der Waals surface area contributed by atoms with Crippen LogP contribution in [0.15, 0.2) is 0 Å². The van der Waals surface area contributed by atoms with Crippen molar-refractivity contribution in [2.24, 2.45) is 23.7 Å². The molecule has 0 bridgehead atoms. The summed E-state index contributed by atoms with van der Waals surface area (Å²) in [5.74, 6) is 0.958. The summed E-state index contributed by atoms with van der Waals surface area (Å²) in [6.07, 6.45) is 48.5. The summed E-state index contributed by atoms with van der Waals surface area (Å²) in [6, 6.07) is 0. The van der Waals surface area contributed by atoms with Gasteiger partial charge >= 0.3 is 39.5 Å². The topological polar surface area (TPSA) is 237 Å². The molecule has 94 heavy (non-hydrogen) atoms. The first-order chi connectivity index (χ1) is 45.2. The fourth-order valence-electron chi connectivity index (χ4n) is 11.3. The van der Waals surface area contributed by atoms with Gasteiger partial charge in [-0.3, -0.25) is 37.3 Å². The monoisotopic (exact) mass is 1380 g/mol. The molecule has 558 valence electrons. The van der Waals surface area contributed by atoms with E-state index in [1.807, 2.05) is 0 Å². The molecule has 0 amide bonds. The van der Waals surface area contributed by atoms with E-state index in [9.17, 15) is 43.2 Å². The smallest absolute Gasteiger partial charge is 0.462 e. The zero-order valence-corrected chi connectivity index (χ0v) is 63.4. The molecule has 0 saturated carbocycles. The van der Waals surface area contributed by atoms with Crippen molar-refractivity contribution >= 4 is 39.5 Å². The van der Waals surface area contributed by atoms with E-state index in [0.717, 1.165) is 114 Å². The van der Waals surface area contributed by atoms with Gasteiger partial charge in [-0.05, 0) is 49.4 Å². The maximum absolute atomic E-state index is 13.1. The second kappa shape index (κ2) is 64.4. The molecule has 0 aromatic heterocycles. The number of hydrogen-bond donors (Lipinski definition) is 3. The molecule has 0 radical (unpaired) electrons. The van der Waals surface area contributed by atoms with Gasteiger partial charge < -0.3 is 33.8 Å². The zero-order chi connectivity index (χ0) is 69.6. The molecule has 0 rings (SSSR count). The average molecular weight is 1380 g/mol. The summed E-state index contributed by atoms with van der Waals surface area (Å²) >= 11 is 0. The molecule has 5 unspecified atom stereocenters. The first-order valence-corrected chi connectivity index (χ1v) is 41.8. The van der Waals surface area contributed by atoms with Crippen LogP contribution in [0.2, 0.25) is 0 Å². The number of aliphatic hydroxyl groups is 1. The minimum Gasteiger partial charge on any atom is -0.462 e. The van der Waals surface area contributed by atoms with Crippen molar-refractivity contribution in [2.75, 3.05) is 39.6 Å². The lowest BCUT2D eigenvalue weighted by Crippen LogP contribution is -2.30. The van der Waals surface area contributed by atoms with Gasteiger partial charge in [0, 0.05) is 25.7 Å². The van der Waals surface area contributed by atoms with Crippen LogP contribution >= 0.6 is 15.6 Å². The third kappa shape index (κ3) is 66.0. The molecular formula is C75H146O17P2. The molecule has 0 heterocycles. The Morgan fingerprint density at radius 2 is 0.511 bits per heavy atom. The molecule has 0 spiro atoms. The Morgan fingerprint density at radius 3 is 0.755 bits per heavy atom. The van der Waals surface area contributed by atoms with Gasteiger partial charge in [-0.1, -0.05) is 325 Å². The highest BCUT2D eigenvalue weighted by Crippen LogP contribution is 2.45. The molecule has 0 aromatic carbocycles. The lowest BCUT2D eigenvalue weighted by atomic mass is 9.99. The Morgan fingerprint density at radius 1 is 0.298 bits per heavy atom. The zero-order valence-electron chi connectivity index (χ0n) is 61.6. The predicted molar refractivity (Wildman–Crippen MR) is 381 cm³/mol. The second-order valence-electron chi connectivity index (χ2n) is 28.5. The summed E-state index contributed by atoms with van der Waals surface area (Å²) in [6.45, 7) is 14.2. The van der Waals surface area contributed by atoms with Gasteiger partial charge in [0.1, 0.15) is 19.3 Å². The Labute approximate surface area is 575 Å². The van der Waals surface area contributed by atoms with Crippen LogP contribution in [0, 0.1) is 23.7 Å². The van der Waals surface area contributed by atoms with E-state index in [4.69, 9.17) is 37.0 Å². The summed E-state index contributed by atoms with van der Waals surface area (Å²) in [5, 5.41) is 10.6. The van der Waals surface area contributed by atoms with E-state index < -0.39 is 97.5 Å². The van der Waals surface area contributed by atoms with E-state index in [1.165, 1.54) is 180 Å². The van der Waals surface area contributed by atoms with Crippen LogP contribution in [-0.2, 0) is 65.4 Å². The number of carbonyl (C=O) groups excluding carboxylic acids is 4. The van der Waals surface area contributed by atoms with Crippen molar-refractivity contribution < 1.29 is 80.2 Å². The summed E-state index contributed by atoms with van der Waals surface area (Å²) < 4.78 is 68.5. The maximum Gasteiger partial charge on any atom is 0.472 e. The van der Waals surface area contributed by atoms with Gasteiger partial charge in [0.05, 0.1) is 26.4 Å². The van der Waals surface area contributed by atoms with E-state index in [-0.39, 0.29) is 25.7 Å². The fraction of sp³-hybridized carbons (Fsp3) is 0.947. The molecule has 17 nitrogen and oxygen atoms in total. The van der Waals surface area contributed by atoms with E-state index in [1.54, 1.807) is 0 Å². The van der Waals surface area contributed by atoms with Crippen LogP contribution in [-0.4, -0.2) is 96.7 Å². The standard InChI is InChI=1S/C75H146O17P2/c1-9-67(7)53-45-37-29-22-25-32-40-48-56-73(78)86-61-70(91-74(79)57-49-41-33-20-18-16-14-12-11-13-15-17-19-27-35-43-51-65(3)4)63-89-93(81,82)87-59-69(76)60-88-94(83,84)90-64-71(62-85-72(77)55-47-39-31-24-21-28-36-44-52-66(5)6)92-75(80)58-50-42-34-26-23-30-38-46-54-68(8)10-2/h65-71,76H,9-64H2,1-8H3,(H,81,82)(H,83,84)/t67?,68?,69?,70-,71-/m1/s1. The molecule has 19 heteroatoms. The highest BCUT2D eigenvalue weighted by molar-refractivity contribution is 7.47. The molecule has 0 aliphatic heterocycles. The number of hydrogen-bond acceptors (Lipinski definition) is 15. The largest absolute Gasteiger partial charge is 0.472 e. The third-order valence-corrected chi connectivity index (χ3v) is 19.9. The van der Waals surface area contributed by atoms with Crippen LogP contribution in [0.1, 0.15) is 376 Å². The Kier molecular flexibility index (Phi) is 63.1. The number of unbranched alkanes of at least 4 members (excludes halogenated alkanes) is 36. The summed E-state index contributed by atoms with van der Waals surface area (Å²) in [4.78, 5) is 72.8. The van der Waals surface area contributed by atoms with Crippen LogP contribution in [0.3, 0.4) is 0 Å². The molecular weight excluding hydrogens is 1230 g/mol. The predicted octanol–water partition coefficient (Wildman–Crippen LogP) is 21.7. The Hall–Kier alpha value is -1.94. The number of aliphatic hydroxyl groups excluding tert-OH is 1. The lowest BCUT2D eigenvalue weighted by molar-refractivity contribution is -0.161. The molecule has 0 aromatic rings. The Balaban J connectivity index is 5.24. The maximum atomic E-state index is 13.1. The molecule has 7 atom stereocenters. The van der Waals surface area contributed by atoms with Crippen molar-refractivity contribution in [1.82, 2.24) is 0 Å². The highest BCUT2D eigenvalue weighted by Gasteiger charge is 2.30. The molecule has 0 saturated heterocycles. The van der Waals surface area contributed by atoms with E-state index in [0.29, 0.717) is 25.7 Å². The van der Waals surface area contributed by atoms with Gasteiger partial charge in [-0.2, -0.15) is 0 Å². The summed E-state index contributed by atoms with van der Waals surface area (Å²) in [7, 11) is -9.91. The Bertz CT molecular complexity index is 1850. The first-order valence-electron chi connectivity index (χ1n) is 38.8. The normalized spacial score (nSPS) is 14.7. The number of phosphoric acid groups is 2. The molecule has 3 N–H and O–H groups in total. The third-order valence-electron chi connectivity index (χ3n) is 18.0. The molecule has 0 aliphatic rings. The van der Waals surface area contributed by atoms with E-state index >= 15 is 0 Å². The lowest BCUT2D eigenvalue weighted by Gasteiger charge is -2.21. The van der Waals surface area contributed by atoms with Crippen molar-refractivity contribution in [3.8, 4) is 0 Å². The van der Waals surface area contributed by atoms with Crippen molar-refractivity contribution in [3.05, 3.63) is 0 Å². The number of ether oxygens (including phenoxy) is 4. The van der Waals surface area contributed by atoms with Gasteiger partial charge in [-0.15, -0.1) is 0 Å². The van der Waals surface area contributed by atoms with Gasteiger partial charge in [-0.25, -0.2) is 9.13 Å². The minimum atomic E-state index is -4.96.